The molecular formula is C19H22N2O5S. The van der Waals surface area contributed by atoms with Gasteiger partial charge in [0.25, 0.3) is 0 Å². The van der Waals surface area contributed by atoms with E-state index in [-0.39, 0.29) is 4.90 Å². The molecule has 0 amide bonds. The van der Waals surface area contributed by atoms with Crippen molar-refractivity contribution < 1.29 is 22.6 Å². The molecule has 2 aliphatic rings. The van der Waals surface area contributed by atoms with E-state index in [0.717, 1.165) is 17.2 Å². The Morgan fingerprint density at radius 3 is 2.22 bits per heavy atom. The molecule has 0 bridgehead atoms. The van der Waals surface area contributed by atoms with Crippen molar-refractivity contribution in [1.82, 2.24) is 4.31 Å². The first kappa shape index (κ1) is 17.9. The number of hydrogen-bond donors (Lipinski definition) is 0. The van der Waals surface area contributed by atoms with Gasteiger partial charge in [-0.2, -0.15) is 4.31 Å². The molecule has 0 aliphatic carbocycles. The van der Waals surface area contributed by atoms with E-state index in [0.29, 0.717) is 45.1 Å². The Morgan fingerprint density at radius 2 is 1.56 bits per heavy atom. The van der Waals surface area contributed by atoms with Crippen LogP contribution in [0.15, 0.2) is 47.4 Å². The van der Waals surface area contributed by atoms with Crippen molar-refractivity contribution in [2.45, 2.75) is 4.90 Å². The van der Waals surface area contributed by atoms with E-state index in [1.165, 1.54) is 4.31 Å². The van der Waals surface area contributed by atoms with E-state index in [1.54, 1.807) is 31.4 Å². The summed E-state index contributed by atoms with van der Waals surface area (Å²) in [7, 11) is -1.94. The number of piperazine rings is 1. The summed E-state index contributed by atoms with van der Waals surface area (Å²) in [5, 5.41) is 0. The molecule has 144 valence electrons. The minimum atomic E-state index is -3.50. The molecule has 0 spiro atoms. The van der Waals surface area contributed by atoms with Crippen LogP contribution in [-0.4, -0.2) is 59.2 Å². The van der Waals surface area contributed by atoms with Gasteiger partial charge in [-0.1, -0.05) is 0 Å². The second kappa shape index (κ2) is 7.28. The molecule has 0 N–H and O–H groups in total. The third-order valence-electron chi connectivity index (χ3n) is 4.83. The Kier molecular flexibility index (Phi) is 4.84. The van der Waals surface area contributed by atoms with Crippen molar-refractivity contribution in [3.05, 3.63) is 42.5 Å². The van der Waals surface area contributed by atoms with Crippen molar-refractivity contribution in [2.75, 3.05) is 51.4 Å². The number of methoxy groups -OCH3 is 1. The first-order valence-electron chi connectivity index (χ1n) is 8.87. The lowest BCUT2D eigenvalue weighted by atomic mass is 10.2. The molecule has 1 saturated heterocycles. The second-order valence-electron chi connectivity index (χ2n) is 6.39. The van der Waals surface area contributed by atoms with Crippen molar-refractivity contribution in [2.24, 2.45) is 0 Å². The van der Waals surface area contributed by atoms with E-state index in [1.807, 2.05) is 18.2 Å². The van der Waals surface area contributed by atoms with Crippen LogP contribution in [0.2, 0.25) is 0 Å². The van der Waals surface area contributed by atoms with E-state index in [4.69, 9.17) is 14.2 Å². The highest BCUT2D eigenvalue weighted by Crippen LogP contribution is 2.34. The zero-order chi connectivity index (χ0) is 18.9. The van der Waals surface area contributed by atoms with Gasteiger partial charge in [0.2, 0.25) is 10.0 Å². The van der Waals surface area contributed by atoms with Gasteiger partial charge in [-0.25, -0.2) is 8.42 Å². The van der Waals surface area contributed by atoms with E-state index >= 15 is 0 Å². The van der Waals surface area contributed by atoms with Crippen LogP contribution in [0.1, 0.15) is 0 Å². The number of ether oxygens (including phenoxy) is 3. The lowest BCUT2D eigenvalue weighted by molar-refractivity contribution is 0.171. The van der Waals surface area contributed by atoms with Gasteiger partial charge in [0, 0.05) is 37.9 Å². The molecule has 7 nitrogen and oxygen atoms in total. The van der Waals surface area contributed by atoms with E-state index in [2.05, 4.69) is 4.90 Å². The Labute approximate surface area is 159 Å². The topological polar surface area (TPSA) is 68.3 Å². The fraction of sp³-hybridized carbons (Fsp3) is 0.368. The first-order chi connectivity index (χ1) is 13.1. The smallest absolute Gasteiger partial charge is 0.243 e. The third-order valence-corrected chi connectivity index (χ3v) is 6.74. The molecule has 27 heavy (non-hydrogen) atoms. The van der Waals surface area contributed by atoms with Gasteiger partial charge < -0.3 is 19.1 Å². The summed E-state index contributed by atoms with van der Waals surface area (Å²) in [6, 6.07) is 12.4. The Morgan fingerprint density at radius 1 is 0.889 bits per heavy atom. The van der Waals surface area contributed by atoms with Crippen LogP contribution in [-0.2, 0) is 10.0 Å². The Hall–Kier alpha value is -2.45. The quantitative estimate of drug-likeness (QED) is 0.795. The van der Waals surface area contributed by atoms with Gasteiger partial charge >= 0.3 is 0 Å². The molecular weight excluding hydrogens is 368 g/mol. The molecule has 0 aromatic heterocycles. The van der Waals surface area contributed by atoms with Crippen LogP contribution in [0.25, 0.3) is 0 Å². The lowest BCUT2D eigenvalue weighted by Crippen LogP contribution is -2.48. The highest BCUT2D eigenvalue weighted by molar-refractivity contribution is 7.89. The predicted octanol–water partition coefficient (Wildman–Crippen LogP) is 1.98. The molecule has 4 rings (SSSR count). The summed E-state index contributed by atoms with van der Waals surface area (Å²) < 4.78 is 43.5. The van der Waals surface area contributed by atoms with Gasteiger partial charge in [0.05, 0.1) is 12.0 Å². The summed E-state index contributed by atoms with van der Waals surface area (Å²) >= 11 is 0. The maximum atomic E-state index is 12.9. The molecule has 0 unspecified atom stereocenters. The van der Waals surface area contributed by atoms with Crippen LogP contribution in [0.4, 0.5) is 5.69 Å². The fourth-order valence-corrected chi connectivity index (χ4v) is 4.73. The fourth-order valence-electron chi connectivity index (χ4n) is 3.31. The van der Waals surface area contributed by atoms with Crippen molar-refractivity contribution in [3.63, 3.8) is 0 Å². The molecule has 2 heterocycles. The Balaban J connectivity index is 1.45. The van der Waals surface area contributed by atoms with Crippen LogP contribution >= 0.6 is 0 Å². The van der Waals surface area contributed by atoms with E-state index in [9.17, 15) is 8.42 Å². The SMILES string of the molecule is COc1ccc(S(=O)(=O)N2CCN(c3ccc4c(c3)OCCO4)CC2)cc1. The average Bonchev–Trinajstić information content (AvgIpc) is 2.73. The second-order valence-corrected chi connectivity index (χ2v) is 8.33. The van der Waals surface area contributed by atoms with Crippen LogP contribution < -0.4 is 19.1 Å². The van der Waals surface area contributed by atoms with Crippen molar-refractivity contribution >= 4 is 15.7 Å². The zero-order valence-corrected chi connectivity index (χ0v) is 15.9. The molecule has 8 heteroatoms. The van der Waals surface area contributed by atoms with Gasteiger partial charge in [0.1, 0.15) is 19.0 Å². The number of hydrogen-bond acceptors (Lipinski definition) is 6. The highest BCUT2D eigenvalue weighted by Gasteiger charge is 2.29. The minimum absolute atomic E-state index is 0.288. The monoisotopic (exact) mass is 390 g/mol. The number of benzene rings is 2. The van der Waals surface area contributed by atoms with Gasteiger partial charge in [-0.15, -0.1) is 0 Å². The van der Waals surface area contributed by atoms with Gasteiger partial charge in [0.15, 0.2) is 11.5 Å². The van der Waals surface area contributed by atoms with Crippen LogP contribution in [0.5, 0.6) is 17.2 Å². The molecule has 1 fully saturated rings. The maximum Gasteiger partial charge on any atom is 0.243 e. The summed E-state index contributed by atoms with van der Waals surface area (Å²) in [5.74, 6) is 2.13. The molecule has 2 aromatic carbocycles. The molecule has 0 saturated carbocycles. The maximum absolute atomic E-state index is 12.9. The third kappa shape index (κ3) is 3.54. The largest absolute Gasteiger partial charge is 0.497 e. The molecule has 2 aromatic rings. The minimum Gasteiger partial charge on any atom is -0.497 e. The summed E-state index contributed by atoms with van der Waals surface area (Å²) in [6.07, 6.45) is 0. The number of fused-ring (bicyclic) bond motifs is 1. The van der Waals surface area contributed by atoms with Crippen molar-refractivity contribution in [3.8, 4) is 17.2 Å². The summed E-state index contributed by atoms with van der Waals surface area (Å²) in [6.45, 7) is 3.22. The number of nitrogens with zero attached hydrogens (tertiary/aromatic N) is 2. The number of sulfonamides is 1. The number of rotatable bonds is 4. The molecule has 0 atom stereocenters. The summed E-state index contributed by atoms with van der Waals surface area (Å²) in [5.41, 5.74) is 1.01. The average molecular weight is 390 g/mol. The Bertz CT molecular complexity index is 906. The highest BCUT2D eigenvalue weighted by atomic mass is 32.2. The standard InChI is InChI=1S/C19H22N2O5S/c1-24-16-3-5-17(6-4-16)27(22,23)21-10-8-20(9-11-21)15-2-7-18-19(14-15)26-13-12-25-18/h2-7,14H,8-13H2,1H3. The van der Waals surface area contributed by atoms with Crippen LogP contribution in [0.3, 0.4) is 0 Å². The number of anilines is 1. The van der Waals surface area contributed by atoms with Crippen LogP contribution in [0, 0.1) is 0 Å². The van der Waals surface area contributed by atoms with E-state index < -0.39 is 10.0 Å². The van der Waals surface area contributed by atoms with Gasteiger partial charge in [-0.05, 0) is 36.4 Å². The van der Waals surface area contributed by atoms with Gasteiger partial charge in [-0.3, -0.25) is 0 Å². The predicted molar refractivity (Wildman–Crippen MR) is 101 cm³/mol. The summed E-state index contributed by atoms with van der Waals surface area (Å²) in [4.78, 5) is 2.45. The molecule has 0 radical (unpaired) electrons. The normalized spacial score (nSPS) is 17.6. The van der Waals surface area contributed by atoms with Crippen molar-refractivity contribution in [1.29, 1.82) is 0 Å². The lowest BCUT2D eigenvalue weighted by Gasteiger charge is -2.35. The molecule has 2 aliphatic heterocycles. The first-order valence-corrected chi connectivity index (χ1v) is 10.3. The zero-order valence-electron chi connectivity index (χ0n) is 15.1.